The second kappa shape index (κ2) is 9.23. The number of hydrogen-bond acceptors (Lipinski definition) is 3. The SMILES string of the molecule is COc1cc(CNc2cccc(Cl)c2)cc(Cl)c1OCc1ccccc1Cl. The molecular formula is C21H18Cl3NO2. The van der Waals surface area contributed by atoms with E-state index in [1.165, 1.54) is 0 Å². The van der Waals surface area contributed by atoms with Gasteiger partial charge in [-0.25, -0.2) is 0 Å². The van der Waals surface area contributed by atoms with Gasteiger partial charge in [0.2, 0.25) is 0 Å². The van der Waals surface area contributed by atoms with Crippen molar-refractivity contribution < 1.29 is 9.47 Å². The number of rotatable bonds is 7. The average Bonchev–Trinajstić information content (AvgIpc) is 2.66. The van der Waals surface area contributed by atoms with Crippen molar-refractivity contribution in [3.8, 4) is 11.5 Å². The molecular weight excluding hydrogens is 405 g/mol. The summed E-state index contributed by atoms with van der Waals surface area (Å²) in [7, 11) is 1.59. The van der Waals surface area contributed by atoms with Gasteiger partial charge in [0.1, 0.15) is 6.61 Å². The number of hydrogen-bond donors (Lipinski definition) is 1. The molecule has 0 aliphatic heterocycles. The van der Waals surface area contributed by atoms with Crippen LogP contribution in [0.3, 0.4) is 0 Å². The van der Waals surface area contributed by atoms with Crippen molar-refractivity contribution in [2.45, 2.75) is 13.2 Å². The maximum absolute atomic E-state index is 6.44. The fourth-order valence-corrected chi connectivity index (χ4v) is 3.25. The van der Waals surface area contributed by atoms with Gasteiger partial charge in [0, 0.05) is 27.8 Å². The fourth-order valence-electron chi connectivity index (χ4n) is 2.58. The zero-order valence-electron chi connectivity index (χ0n) is 14.6. The van der Waals surface area contributed by atoms with Crippen LogP contribution in [0.15, 0.2) is 60.7 Å². The fraction of sp³-hybridized carbons (Fsp3) is 0.143. The first-order valence-corrected chi connectivity index (χ1v) is 9.42. The van der Waals surface area contributed by atoms with Gasteiger partial charge in [-0.1, -0.05) is 59.1 Å². The van der Waals surface area contributed by atoms with E-state index in [1.54, 1.807) is 7.11 Å². The van der Waals surface area contributed by atoms with Gasteiger partial charge in [0.15, 0.2) is 11.5 Å². The lowest BCUT2D eigenvalue weighted by Gasteiger charge is -2.15. The molecule has 1 N–H and O–H groups in total. The molecule has 0 aromatic heterocycles. The third kappa shape index (κ3) is 5.23. The second-order valence-electron chi connectivity index (χ2n) is 5.85. The largest absolute Gasteiger partial charge is 0.493 e. The summed E-state index contributed by atoms with van der Waals surface area (Å²) in [5, 5.41) is 5.11. The highest BCUT2D eigenvalue weighted by Crippen LogP contribution is 2.37. The Morgan fingerprint density at radius 3 is 2.44 bits per heavy atom. The first-order chi connectivity index (χ1) is 13.1. The Morgan fingerprint density at radius 1 is 0.889 bits per heavy atom. The molecule has 0 saturated carbocycles. The highest BCUT2D eigenvalue weighted by atomic mass is 35.5. The Morgan fingerprint density at radius 2 is 1.70 bits per heavy atom. The summed E-state index contributed by atoms with van der Waals surface area (Å²) in [5.74, 6) is 1.06. The van der Waals surface area contributed by atoms with Gasteiger partial charge in [0.05, 0.1) is 12.1 Å². The Balaban J connectivity index is 1.73. The first-order valence-electron chi connectivity index (χ1n) is 8.29. The van der Waals surface area contributed by atoms with Crippen molar-refractivity contribution in [1.82, 2.24) is 0 Å². The average molecular weight is 423 g/mol. The molecule has 27 heavy (non-hydrogen) atoms. The van der Waals surface area contributed by atoms with Crippen LogP contribution in [0.2, 0.25) is 15.1 Å². The molecule has 0 fully saturated rings. The highest BCUT2D eigenvalue weighted by Gasteiger charge is 2.13. The molecule has 6 heteroatoms. The Kier molecular flexibility index (Phi) is 6.73. The van der Waals surface area contributed by atoms with Crippen LogP contribution in [0, 0.1) is 0 Å². The van der Waals surface area contributed by atoms with Crippen molar-refractivity contribution in [1.29, 1.82) is 0 Å². The van der Waals surface area contributed by atoms with E-state index >= 15 is 0 Å². The minimum atomic E-state index is 0.301. The second-order valence-corrected chi connectivity index (χ2v) is 7.10. The molecule has 0 aliphatic rings. The lowest BCUT2D eigenvalue weighted by Crippen LogP contribution is -2.03. The van der Waals surface area contributed by atoms with Crippen molar-refractivity contribution in [2.75, 3.05) is 12.4 Å². The maximum Gasteiger partial charge on any atom is 0.180 e. The van der Waals surface area contributed by atoms with E-state index in [9.17, 15) is 0 Å². The lowest BCUT2D eigenvalue weighted by molar-refractivity contribution is 0.284. The summed E-state index contributed by atoms with van der Waals surface area (Å²) in [6, 6.07) is 18.8. The number of benzene rings is 3. The molecule has 0 atom stereocenters. The maximum atomic E-state index is 6.44. The summed E-state index contributed by atoms with van der Waals surface area (Å²) < 4.78 is 11.3. The summed E-state index contributed by atoms with van der Waals surface area (Å²) in [6.07, 6.45) is 0. The molecule has 0 amide bonds. The van der Waals surface area contributed by atoms with Gasteiger partial charge in [-0.3, -0.25) is 0 Å². The standard InChI is InChI=1S/C21H18Cl3NO2/c1-26-20-10-14(12-25-17-7-4-6-16(22)11-17)9-19(24)21(20)27-13-15-5-2-3-8-18(15)23/h2-11,25H,12-13H2,1H3. The molecule has 0 heterocycles. The van der Waals surface area contributed by atoms with Crippen LogP contribution in [-0.4, -0.2) is 7.11 Å². The normalized spacial score (nSPS) is 10.5. The minimum Gasteiger partial charge on any atom is -0.493 e. The van der Waals surface area contributed by atoms with Crippen molar-refractivity contribution in [2.24, 2.45) is 0 Å². The van der Waals surface area contributed by atoms with E-state index in [0.717, 1.165) is 16.8 Å². The van der Waals surface area contributed by atoms with Gasteiger partial charge in [-0.15, -0.1) is 0 Å². The van der Waals surface area contributed by atoms with Gasteiger partial charge >= 0.3 is 0 Å². The van der Waals surface area contributed by atoms with E-state index in [-0.39, 0.29) is 0 Å². The first kappa shape index (κ1) is 19.7. The summed E-state index contributed by atoms with van der Waals surface area (Å²) >= 11 is 18.6. The molecule has 3 aromatic rings. The molecule has 3 rings (SSSR count). The van der Waals surface area contributed by atoms with Crippen LogP contribution in [-0.2, 0) is 13.2 Å². The predicted molar refractivity (Wildman–Crippen MR) is 113 cm³/mol. The van der Waals surface area contributed by atoms with Crippen LogP contribution >= 0.6 is 34.8 Å². The van der Waals surface area contributed by atoms with E-state index in [4.69, 9.17) is 44.3 Å². The third-order valence-corrected chi connectivity index (χ3v) is 4.82. The Hall–Kier alpha value is -2.07. The van der Waals surface area contributed by atoms with Crippen LogP contribution in [0.25, 0.3) is 0 Å². The highest BCUT2D eigenvalue weighted by molar-refractivity contribution is 6.32. The number of nitrogens with one attached hydrogen (secondary N) is 1. The van der Waals surface area contributed by atoms with Gasteiger partial charge in [0.25, 0.3) is 0 Å². The number of ether oxygens (including phenoxy) is 2. The van der Waals surface area contributed by atoms with E-state index in [0.29, 0.717) is 39.7 Å². The molecule has 0 aliphatic carbocycles. The van der Waals surface area contributed by atoms with Crippen molar-refractivity contribution in [3.05, 3.63) is 86.9 Å². The summed E-state index contributed by atoms with van der Waals surface area (Å²) in [4.78, 5) is 0. The van der Waals surface area contributed by atoms with Crippen molar-refractivity contribution >= 4 is 40.5 Å². The molecule has 0 unspecified atom stereocenters. The monoisotopic (exact) mass is 421 g/mol. The van der Waals surface area contributed by atoms with Crippen LogP contribution in [0.4, 0.5) is 5.69 Å². The summed E-state index contributed by atoms with van der Waals surface area (Å²) in [6.45, 7) is 0.872. The van der Waals surface area contributed by atoms with Gasteiger partial charge in [-0.05, 0) is 42.0 Å². The van der Waals surface area contributed by atoms with Crippen molar-refractivity contribution in [3.63, 3.8) is 0 Å². The topological polar surface area (TPSA) is 30.5 Å². The van der Waals surface area contributed by atoms with Crippen LogP contribution in [0.1, 0.15) is 11.1 Å². The Labute approximate surface area is 173 Å². The molecule has 0 saturated heterocycles. The number of methoxy groups -OCH3 is 1. The van der Waals surface area contributed by atoms with E-state index in [1.807, 2.05) is 60.7 Å². The van der Waals surface area contributed by atoms with Crippen LogP contribution in [0.5, 0.6) is 11.5 Å². The Bertz CT molecular complexity index is 931. The molecule has 0 spiro atoms. The molecule has 140 valence electrons. The zero-order chi connectivity index (χ0) is 19.2. The third-order valence-electron chi connectivity index (χ3n) is 3.94. The molecule has 0 radical (unpaired) electrons. The quantitative estimate of drug-likeness (QED) is 0.452. The zero-order valence-corrected chi connectivity index (χ0v) is 16.9. The van der Waals surface area contributed by atoms with E-state index in [2.05, 4.69) is 5.32 Å². The smallest absolute Gasteiger partial charge is 0.180 e. The molecule has 0 bridgehead atoms. The van der Waals surface area contributed by atoms with Crippen LogP contribution < -0.4 is 14.8 Å². The summed E-state index contributed by atoms with van der Waals surface area (Å²) in [5.41, 5.74) is 2.77. The van der Waals surface area contributed by atoms with Gasteiger partial charge < -0.3 is 14.8 Å². The molecule has 3 nitrogen and oxygen atoms in total. The minimum absolute atomic E-state index is 0.301. The van der Waals surface area contributed by atoms with Gasteiger partial charge in [-0.2, -0.15) is 0 Å². The lowest BCUT2D eigenvalue weighted by atomic mass is 10.2. The number of anilines is 1. The van der Waals surface area contributed by atoms with E-state index < -0.39 is 0 Å². The predicted octanol–water partition coefficient (Wildman–Crippen LogP) is 6.85. The molecule has 3 aromatic carbocycles. The number of halogens is 3.